The third-order valence-corrected chi connectivity index (χ3v) is 6.64. The zero-order valence-corrected chi connectivity index (χ0v) is 16.7. The highest BCUT2D eigenvalue weighted by Crippen LogP contribution is 2.44. The predicted octanol–water partition coefficient (Wildman–Crippen LogP) is 4.73. The molecule has 1 heterocycles. The molecule has 3 rings (SSSR count). The van der Waals surface area contributed by atoms with Gasteiger partial charge in [0.05, 0.1) is 18.6 Å². The van der Waals surface area contributed by atoms with E-state index in [0.29, 0.717) is 12.2 Å². The van der Waals surface area contributed by atoms with E-state index in [2.05, 4.69) is 5.32 Å². The maximum atomic E-state index is 12.8. The van der Waals surface area contributed by atoms with Crippen LogP contribution in [0.5, 0.6) is 11.5 Å². The topological polar surface area (TPSA) is 72.7 Å². The number of halogens is 3. The van der Waals surface area contributed by atoms with Gasteiger partial charge >= 0.3 is 6.18 Å². The summed E-state index contributed by atoms with van der Waals surface area (Å²) in [7, 11) is 0. The third kappa shape index (κ3) is 5.18. The minimum Gasteiger partial charge on any atom is -0.504 e. The van der Waals surface area contributed by atoms with Crippen LogP contribution < -0.4 is 5.32 Å². The van der Waals surface area contributed by atoms with Crippen LogP contribution >= 0.6 is 11.8 Å². The fraction of sp³-hybridized carbons (Fsp3) is 0.429. The Hall–Kier alpha value is -1.90. The minimum absolute atomic E-state index is 0.0642. The van der Waals surface area contributed by atoms with E-state index in [1.54, 1.807) is 0 Å². The van der Waals surface area contributed by atoms with Gasteiger partial charge in [0.25, 0.3) is 0 Å². The molecule has 4 nitrogen and oxygen atoms in total. The summed E-state index contributed by atoms with van der Waals surface area (Å²) in [4.78, 5) is 0.738. The van der Waals surface area contributed by atoms with Crippen molar-refractivity contribution in [3.05, 3.63) is 53.6 Å². The molecule has 0 saturated heterocycles. The molecule has 0 radical (unpaired) electrons. The van der Waals surface area contributed by atoms with E-state index >= 15 is 0 Å². The Morgan fingerprint density at radius 2 is 1.83 bits per heavy atom. The van der Waals surface area contributed by atoms with E-state index in [4.69, 9.17) is 0 Å². The Balaban J connectivity index is 2.00. The summed E-state index contributed by atoms with van der Waals surface area (Å²) in [5.74, 6) is -0.0868. The Morgan fingerprint density at radius 1 is 1.17 bits per heavy atom. The van der Waals surface area contributed by atoms with Crippen LogP contribution in [0.3, 0.4) is 0 Å². The molecule has 0 amide bonds. The number of hydrogen-bond donors (Lipinski definition) is 4. The molecule has 0 bridgehead atoms. The molecule has 0 fully saturated rings. The first-order valence-electron chi connectivity index (χ1n) is 9.38. The second-order valence-corrected chi connectivity index (χ2v) is 8.48. The lowest BCUT2D eigenvalue weighted by atomic mass is 9.86. The first-order chi connectivity index (χ1) is 13.6. The maximum Gasteiger partial charge on any atom is 0.391 e. The molecule has 4 N–H and O–H groups in total. The number of aliphatic hydroxyl groups is 1. The van der Waals surface area contributed by atoms with Crippen molar-refractivity contribution in [2.75, 3.05) is 5.75 Å². The molecular formula is C21H24F3NO3S. The smallest absolute Gasteiger partial charge is 0.391 e. The van der Waals surface area contributed by atoms with E-state index in [0.717, 1.165) is 16.0 Å². The van der Waals surface area contributed by atoms with E-state index in [1.165, 1.54) is 23.9 Å². The predicted molar refractivity (Wildman–Crippen MR) is 106 cm³/mol. The standard InChI is InChI=1S/C21H24F3NO3S/c1-2-20(10-14(26)11-21(22,23)24)12-29-18-9-17(28)16(27)8-15(18)19(25-20)13-6-4-3-5-7-13/h3-9,14,19,25-28H,2,10-12H2,1H3. The highest BCUT2D eigenvalue weighted by Gasteiger charge is 2.40. The Kier molecular flexibility index (Phi) is 6.36. The van der Waals surface area contributed by atoms with Crippen LogP contribution in [0.2, 0.25) is 0 Å². The molecule has 1 aliphatic heterocycles. The normalized spacial score (nSPS) is 23.3. The number of aliphatic hydroxyl groups excluding tert-OH is 1. The number of fused-ring (bicyclic) bond motifs is 1. The van der Waals surface area contributed by atoms with Crippen LogP contribution in [0.4, 0.5) is 13.2 Å². The number of rotatable bonds is 5. The molecular weight excluding hydrogens is 403 g/mol. The number of aromatic hydroxyl groups is 2. The molecule has 0 aliphatic carbocycles. The van der Waals surface area contributed by atoms with Crippen LogP contribution in [0.15, 0.2) is 47.4 Å². The molecule has 0 spiro atoms. The van der Waals surface area contributed by atoms with Gasteiger partial charge in [-0.05, 0) is 36.1 Å². The summed E-state index contributed by atoms with van der Waals surface area (Å²) < 4.78 is 38.3. The van der Waals surface area contributed by atoms with Gasteiger partial charge in [0, 0.05) is 16.2 Å². The third-order valence-electron chi connectivity index (χ3n) is 5.28. The van der Waals surface area contributed by atoms with Gasteiger partial charge in [-0.2, -0.15) is 13.2 Å². The van der Waals surface area contributed by atoms with Gasteiger partial charge in [-0.3, -0.25) is 5.32 Å². The number of thioether (sulfide) groups is 1. The molecule has 8 heteroatoms. The summed E-state index contributed by atoms with van der Waals surface area (Å²) in [5.41, 5.74) is 0.849. The van der Waals surface area contributed by atoms with Crippen LogP contribution in [-0.4, -0.2) is 38.9 Å². The molecule has 2 aromatic rings. The quantitative estimate of drug-likeness (QED) is 0.519. The fourth-order valence-corrected chi connectivity index (χ4v) is 5.11. The van der Waals surface area contributed by atoms with Crippen molar-refractivity contribution in [1.29, 1.82) is 0 Å². The highest BCUT2D eigenvalue weighted by atomic mass is 32.2. The van der Waals surface area contributed by atoms with Crippen LogP contribution in [-0.2, 0) is 0 Å². The molecule has 3 unspecified atom stereocenters. The molecule has 1 aliphatic rings. The summed E-state index contributed by atoms with van der Waals surface area (Å²) in [5, 5.41) is 33.6. The molecule has 0 saturated carbocycles. The largest absolute Gasteiger partial charge is 0.504 e. The van der Waals surface area contributed by atoms with Crippen molar-refractivity contribution in [3.63, 3.8) is 0 Å². The fourth-order valence-electron chi connectivity index (χ4n) is 3.73. The Labute approximate surface area is 171 Å². The monoisotopic (exact) mass is 427 g/mol. The van der Waals surface area contributed by atoms with E-state index < -0.39 is 30.3 Å². The number of nitrogens with one attached hydrogen (secondary N) is 1. The lowest BCUT2D eigenvalue weighted by molar-refractivity contribution is -0.155. The highest BCUT2D eigenvalue weighted by molar-refractivity contribution is 7.99. The van der Waals surface area contributed by atoms with Gasteiger partial charge in [0.2, 0.25) is 0 Å². The zero-order chi connectivity index (χ0) is 21.2. The molecule has 0 aromatic heterocycles. The van der Waals surface area contributed by atoms with E-state index in [9.17, 15) is 28.5 Å². The average Bonchev–Trinajstić information content (AvgIpc) is 2.79. The zero-order valence-electron chi connectivity index (χ0n) is 15.9. The van der Waals surface area contributed by atoms with E-state index in [1.807, 2.05) is 37.3 Å². The Bertz CT molecular complexity index is 847. The van der Waals surface area contributed by atoms with Crippen molar-refractivity contribution in [1.82, 2.24) is 5.32 Å². The molecule has 2 aromatic carbocycles. The van der Waals surface area contributed by atoms with Crippen molar-refractivity contribution >= 4 is 11.8 Å². The Morgan fingerprint density at radius 3 is 2.45 bits per heavy atom. The summed E-state index contributed by atoms with van der Waals surface area (Å²) >= 11 is 1.40. The van der Waals surface area contributed by atoms with Crippen molar-refractivity contribution in [3.8, 4) is 11.5 Å². The van der Waals surface area contributed by atoms with Crippen LogP contribution in [0, 0.1) is 0 Å². The summed E-state index contributed by atoms with van der Waals surface area (Å²) in [6, 6.07) is 11.9. The minimum atomic E-state index is -4.44. The van der Waals surface area contributed by atoms with Gasteiger partial charge in [0.15, 0.2) is 11.5 Å². The first-order valence-corrected chi connectivity index (χ1v) is 10.4. The number of benzene rings is 2. The van der Waals surface area contributed by atoms with Gasteiger partial charge in [-0.1, -0.05) is 37.3 Å². The lowest BCUT2D eigenvalue weighted by Gasteiger charge is -2.37. The van der Waals surface area contributed by atoms with Crippen molar-refractivity contribution in [2.24, 2.45) is 0 Å². The summed E-state index contributed by atoms with van der Waals surface area (Å²) in [6.45, 7) is 1.88. The van der Waals surface area contributed by atoms with E-state index in [-0.39, 0.29) is 17.9 Å². The van der Waals surface area contributed by atoms with Crippen molar-refractivity contribution in [2.45, 2.75) is 54.9 Å². The molecule has 158 valence electrons. The van der Waals surface area contributed by atoms with Crippen LogP contribution in [0.25, 0.3) is 0 Å². The van der Waals surface area contributed by atoms with Gasteiger partial charge in [0.1, 0.15) is 0 Å². The molecule has 3 atom stereocenters. The van der Waals surface area contributed by atoms with Gasteiger partial charge in [-0.25, -0.2) is 0 Å². The number of alkyl halides is 3. The SMILES string of the molecule is CCC1(CC(O)CC(F)(F)F)CSc2cc(O)c(O)cc2C(c2ccccc2)N1. The van der Waals surface area contributed by atoms with Gasteiger partial charge in [-0.15, -0.1) is 11.8 Å². The summed E-state index contributed by atoms with van der Waals surface area (Å²) in [6.07, 6.45) is -6.78. The first kappa shape index (κ1) is 21.8. The van der Waals surface area contributed by atoms with Crippen molar-refractivity contribution < 1.29 is 28.5 Å². The number of phenols is 2. The molecule has 29 heavy (non-hydrogen) atoms. The van der Waals surface area contributed by atoms with Crippen LogP contribution in [0.1, 0.15) is 43.4 Å². The maximum absolute atomic E-state index is 12.8. The number of phenolic OH excluding ortho intramolecular Hbond substituents is 2. The van der Waals surface area contributed by atoms with Gasteiger partial charge < -0.3 is 15.3 Å². The number of hydrogen-bond acceptors (Lipinski definition) is 5. The lowest BCUT2D eigenvalue weighted by Crippen LogP contribution is -2.50. The average molecular weight is 427 g/mol. The second-order valence-electron chi connectivity index (χ2n) is 7.47. The second kappa shape index (κ2) is 8.45.